The number of rotatable bonds is 1. The quantitative estimate of drug-likeness (QED) is 0.414. The molecule has 0 aromatic carbocycles. The average Bonchev–Trinajstić information content (AvgIpc) is 2.74. The van der Waals surface area contributed by atoms with E-state index in [-0.39, 0.29) is 33.7 Å². The number of aliphatic hydroxyl groups excluding tert-OH is 1. The normalized spacial score (nSPS) is 55.3. The van der Waals surface area contributed by atoms with Gasteiger partial charge in [0.2, 0.25) is 0 Å². The van der Waals surface area contributed by atoms with E-state index in [9.17, 15) is 15.0 Å². The second kappa shape index (κ2) is 7.11. The van der Waals surface area contributed by atoms with Crippen molar-refractivity contribution < 1.29 is 15.0 Å². The zero-order chi connectivity index (χ0) is 24.2. The smallest absolute Gasteiger partial charge is 0.310 e. The van der Waals surface area contributed by atoms with Crippen LogP contribution < -0.4 is 0 Å². The van der Waals surface area contributed by atoms with Gasteiger partial charge in [-0.1, -0.05) is 60.1 Å². The molecule has 0 amide bonds. The van der Waals surface area contributed by atoms with Crippen molar-refractivity contribution in [3.63, 3.8) is 0 Å². The van der Waals surface area contributed by atoms with Crippen LogP contribution in [0.5, 0.6) is 0 Å². The fourth-order valence-corrected chi connectivity index (χ4v) is 10.8. The molecule has 5 aliphatic carbocycles. The highest BCUT2D eigenvalue weighted by Crippen LogP contribution is 2.75. The summed E-state index contributed by atoms with van der Waals surface area (Å²) in [5.41, 5.74) is 1.46. The summed E-state index contributed by atoms with van der Waals surface area (Å²) in [6.45, 7) is 17.0. The van der Waals surface area contributed by atoms with E-state index in [2.05, 4.69) is 54.5 Å². The first-order chi connectivity index (χ1) is 15.3. The molecule has 0 radical (unpaired) electrons. The van der Waals surface area contributed by atoms with E-state index in [1.807, 2.05) is 0 Å². The van der Waals surface area contributed by atoms with Gasteiger partial charge in [-0.3, -0.25) is 4.79 Å². The average molecular weight is 457 g/mol. The van der Waals surface area contributed by atoms with Gasteiger partial charge in [-0.05, 0) is 109 Å². The van der Waals surface area contributed by atoms with Gasteiger partial charge in [0.25, 0.3) is 0 Å². The number of carboxylic acids is 1. The zero-order valence-electron chi connectivity index (χ0n) is 22.2. The van der Waals surface area contributed by atoms with Crippen molar-refractivity contribution in [2.24, 2.45) is 56.7 Å². The van der Waals surface area contributed by atoms with E-state index in [1.165, 1.54) is 18.4 Å². The van der Waals surface area contributed by atoms with E-state index >= 15 is 0 Å². The minimum atomic E-state index is -0.557. The Morgan fingerprint density at radius 1 is 0.909 bits per heavy atom. The van der Waals surface area contributed by atoms with Gasteiger partial charge in [0, 0.05) is 0 Å². The van der Waals surface area contributed by atoms with Gasteiger partial charge in [-0.2, -0.15) is 0 Å². The van der Waals surface area contributed by atoms with Crippen molar-refractivity contribution in [1.82, 2.24) is 0 Å². The van der Waals surface area contributed by atoms with Crippen LogP contribution in [0.1, 0.15) is 106 Å². The van der Waals surface area contributed by atoms with Crippen molar-refractivity contribution in [3.8, 4) is 0 Å². The van der Waals surface area contributed by atoms with Gasteiger partial charge in [-0.25, -0.2) is 0 Å². The van der Waals surface area contributed by atoms with Crippen LogP contribution in [0.2, 0.25) is 0 Å². The van der Waals surface area contributed by atoms with Crippen LogP contribution in [0.3, 0.4) is 0 Å². The number of aliphatic carboxylic acids is 1. The highest BCUT2D eigenvalue weighted by atomic mass is 16.4. The predicted octanol–water partition coefficient (Wildman–Crippen LogP) is 7.09. The minimum Gasteiger partial charge on any atom is -0.481 e. The van der Waals surface area contributed by atoms with Crippen molar-refractivity contribution in [2.45, 2.75) is 112 Å². The van der Waals surface area contributed by atoms with Gasteiger partial charge in [0.15, 0.2) is 0 Å². The molecular weight excluding hydrogens is 408 g/mol. The standard InChI is InChI=1S/C30H48O3/c1-18-10-15-30(25(32)33)17-16-28(6)20(24(30)19(18)2)8-9-22-27(5)13-12-23(31)26(3,4)21(27)11-14-29(22,28)7/h8,18-19,21-24,31H,9-17H2,1-7H3,(H,32,33)/t18-,19+,21?,22?,23-,24-,27-,28+,29+,30-/m0/s1. The molecule has 10 atom stereocenters. The maximum Gasteiger partial charge on any atom is 0.310 e. The van der Waals surface area contributed by atoms with Gasteiger partial charge in [-0.15, -0.1) is 0 Å². The third-order valence-corrected chi connectivity index (χ3v) is 13.4. The highest BCUT2D eigenvalue weighted by molar-refractivity contribution is 5.76. The molecular formula is C30H48O3. The number of carboxylic acid groups (broad SMARTS) is 1. The summed E-state index contributed by atoms with van der Waals surface area (Å²) in [4.78, 5) is 12.8. The molecule has 4 fully saturated rings. The lowest BCUT2D eigenvalue weighted by Crippen LogP contribution is -2.65. The molecule has 3 heteroatoms. The number of allylic oxidation sites excluding steroid dienone is 2. The van der Waals surface area contributed by atoms with Crippen LogP contribution in [-0.4, -0.2) is 22.3 Å². The summed E-state index contributed by atoms with van der Waals surface area (Å²) in [5, 5.41) is 21.4. The van der Waals surface area contributed by atoms with Crippen molar-refractivity contribution in [1.29, 1.82) is 0 Å². The summed E-state index contributed by atoms with van der Waals surface area (Å²) in [6.07, 6.45) is 11.6. The maximum atomic E-state index is 12.8. The van der Waals surface area contributed by atoms with Gasteiger partial charge >= 0.3 is 5.97 Å². The Labute approximate surface area is 201 Å². The monoisotopic (exact) mass is 456 g/mol. The summed E-state index contributed by atoms with van der Waals surface area (Å²) in [5.74, 6) is 1.82. The number of aliphatic hydroxyl groups is 1. The molecule has 0 aromatic rings. The second-order valence-corrected chi connectivity index (χ2v) is 14.5. The van der Waals surface area contributed by atoms with Crippen LogP contribution >= 0.6 is 0 Å². The lowest BCUT2D eigenvalue weighted by molar-refractivity contribution is -0.206. The molecule has 2 N–H and O–H groups in total. The van der Waals surface area contributed by atoms with Crippen LogP contribution in [-0.2, 0) is 4.79 Å². The lowest BCUT2D eigenvalue weighted by Gasteiger charge is -2.71. The van der Waals surface area contributed by atoms with Gasteiger partial charge in [0.05, 0.1) is 11.5 Å². The zero-order valence-corrected chi connectivity index (χ0v) is 22.2. The molecule has 0 saturated heterocycles. The van der Waals surface area contributed by atoms with Crippen molar-refractivity contribution >= 4 is 5.97 Å². The molecule has 2 unspecified atom stereocenters. The fraction of sp³-hybridized carbons (Fsp3) is 0.900. The number of carbonyl (C=O) groups is 1. The largest absolute Gasteiger partial charge is 0.481 e. The van der Waals surface area contributed by atoms with E-state index in [4.69, 9.17) is 0 Å². The van der Waals surface area contributed by atoms with E-state index in [0.29, 0.717) is 23.7 Å². The number of hydrogen-bond donors (Lipinski definition) is 2. The van der Waals surface area contributed by atoms with Crippen molar-refractivity contribution in [2.75, 3.05) is 0 Å². The Hall–Kier alpha value is -0.830. The molecule has 33 heavy (non-hydrogen) atoms. The Balaban J connectivity index is 1.61. The van der Waals surface area contributed by atoms with Crippen LogP contribution in [0.25, 0.3) is 0 Å². The van der Waals surface area contributed by atoms with Gasteiger partial charge in [0.1, 0.15) is 0 Å². The molecule has 3 nitrogen and oxygen atoms in total. The van der Waals surface area contributed by atoms with Crippen LogP contribution in [0.4, 0.5) is 0 Å². The molecule has 186 valence electrons. The molecule has 0 spiro atoms. The van der Waals surface area contributed by atoms with Gasteiger partial charge < -0.3 is 10.2 Å². The number of hydrogen-bond acceptors (Lipinski definition) is 2. The van der Waals surface area contributed by atoms with E-state index < -0.39 is 11.4 Å². The minimum absolute atomic E-state index is 0.0302. The first kappa shape index (κ1) is 23.9. The second-order valence-electron chi connectivity index (χ2n) is 14.5. The summed E-state index contributed by atoms with van der Waals surface area (Å²) in [7, 11) is 0. The van der Waals surface area contributed by atoms with Crippen LogP contribution in [0.15, 0.2) is 11.6 Å². The third-order valence-electron chi connectivity index (χ3n) is 13.4. The predicted molar refractivity (Wildman–Crippen MR) is 133 cm³/mol. The Morgan fingerprint density at radius 3 is 2.27 bits per heavy atom. The Bertz CT molecular complexity index is 874. The van der Waals surface area contributed by atoms with E-state index in [1.54, 1.807) is 0 Å². The SMILES string of the molecule is C[C@H]1[C@H]2C3=CCC4[C@@]5(C)CC[C@H](O)C(C)(C)C5CC[C@@]4(C)[C@]3(C)CC[C@@]2(C(=O)O)CC[C@@H]1C. The first-order valence-electron chi connectivity index (χ1n) is 13.9. The van der Waals surface area contributed by atoms with E-state index in [0.717, 1.165) is 44.9 Å². The van der Waals surface area contributed by atoms with Crippen molar-refractivity contribution in [3.05, 3.63) is 11.6 Å². The molecule has 0 aliphatic heterocycles. The topological polar surface area (TPSA) is 57.5 Å². The lowest BCUT2D eigenvalue weighted by atomic mass is 9.33. The number of fused-ring (bicyclic) bond motifs is 7. The van der Waals surface area contributed by atoms with Crippen LogP contribution in [0, 0.1) is 56.7 Å². The molecule has 0 heterocycles. The summed E-state index contributed by atoms with van der Waals surface area (Å²) < 4.78 is 0. The molecule has 4 saturated carbocycles. The Kier molecular flexibility index (Phi) is 5.15. The maximum absolute atomic E-state index is 12.8. The summed E-state index contributed by atoms with van der Waals surface area (Å²) in [6, 6.07) is 0. The molecule has 0 aromatic heterocycles. The molecule has 5 rings (SSSR count). The summed E-state index contributed by atoms with van der Waals surface area (Å²) >= 11 is 0. The molecule has 0 bridgehead atoms. The third kappa shape index (κ3) is 2.75. The highest BCUT2D eigenvalue weighted by Gasteiger charge is 2.69. The fourth-order valence-electron chi connectivity index (χ4n) is 10.8. The Morgan fingerprint density at radius 2 is 1.61 bits per heavy atom. The first-order valence-corrected chi connectivity index (χ1v) is 13.9. The molecule has 5 aliphatic rings.